The molecule has 2 aromatic rings. The molecule has 0 spiro atoms. The van der Waals surface area contributed by atoms with Crippen molar-refractivity contribution in [3.8, 4) is 0 Å². The summed E-state index contributed by atoms with van der Waals surface area (Å²) in [6.07, 6.45) is 0. The van der Waals surface area contributed by atoms with Crippen LogP contribution in [0.25, 0.3) is 0 Å². The van der Waals surface area contributed by atoms with Crippen LogP contribution in [0.1, 0.15) is 35.7 Å². The molecule has 1 amide bonds. The Kier molecular flexibility index (Phi) is 5.09. The predicted molar refractivity (Wildman–Crippen MR) is 89.5 cm³/mol. The molecule has 1 N–H and O–H groups in total. The second kappa shape index (κ2) is 7.02. The fourth-order valence-electron chi connectivity index (χ4n) is 2.30. The van der Waals surface area contributed by atoms with E-state index in [2.05, 4.69) is 34.0 Å². The van der Waals surface area contributed by atoms with Gasteiger partial charge in [0.1, 0.15) is 17.3 Å². The largest absolute Gasteiger partial charge is 0.357 e. The van der Waals surface area contributed by atoms with Crippen molar-refractivity contribution in [2.45, 2.75) is 27.7 Å². The van der Waals surface area contributed by atoms with E-state index >= 15 is 0 Å². The van der Waals surface area contributed by atoms with Gasteiger partial charge in [-0.2, -0.15) is 0 Å². The minimum absolute atomic E-state index is 0.218. The molecule has 0 aliphatic heterocycles. The number of nitrogens with zero attached hydrogens (tertiary/aromatic N) is 3. The van der Waals surface area contributed by atoms with E-state index in [-0.39, 0.29) is 5.91 Å². The zero-order chi connectivity index (χ0) is 16.1. The van der Waals surface area contributed by atoms with Crippen molar-refractivity contribution >= 4 is 17.4 Å². The highest BCUT2D eigenvalue weighted by Gasteiger charge is 2.13. The maximum absolute atomic E-state index is 12.4. The molecule has 0 aliphatic carbocycles. The molecule has 0 aliphatic rings. The fraction of sp³-hybridized carbons (Fsp3) is 0.353. The normalized spacial score (nSPS) is 10.4. The van der Waals surface area contributed by atoms with Crippen LogP contribution in [0.3, 0.4) is 0 Å². The Hall–Kier alpha value is -2.43. The number of benzene rings is 1. The van der Waals surface area contributed by atoms with E-state index in [1.54, 1.807) is 13.0 Å². The third-order valence-electron chi connectivity index (χ3n) is 3.42. The average molecular weight is 298 g/mol. The molecule has 22 heavy (non-hydrogen) atoms. The summed E-state index contributed by atoms with van der Waals surface area (Å²) in [6.45, 7) is 9.60. The van der Waals surface area contributed by atoms with E-state index in [1.165, 1.54) is 0 Å². The van der Waals surface area contributed by atoms with E-state index in [4.69, 9.17) is 0 Å². The number of amides is 1. The van der Waals surface area contributed by atoms with Crippen LogP contribution in [0.5, 0.6) is 0 Å². The maximum Gasteiger partial charge on any atom is 0.274 e. The molecule has 0 saturated heterocycles. The number of hydrogen-bond acceptors (Lipinski definition) is 4. The maximum atomic E-state index is 12.4. The summed E-state index contributed by atoms with van der Waals surface area (Å²) in [7, 11) is 0. The Morgan fingerprint density at radius 2 is 1.86 bits per heavy atom. The van der Waals surface area contributed by atoms with Crippen LogP contribution in [-0.4, -0.2) is 29.0 Å². The molecule has 1 aromatic carbocycles. The lowest BCUT2D eigenvalue weighted by atomic mass is 10.2. The molecule has 2 rings (SSSR count). The number of carbonyl (C=O) groups excluding carboxylic acids is 1. The minimum atomic E-state index is -0.218. The van der Waals surface area contributed by atoms with Gasteiger partial charge in [-0.15, -0.1) is 0 Å². The quantitative estimate of drug-likeness (QED) is 0.921. The molecule has 116 valence electrons. The summed E-state index contributed by atoms with van der Waals surface area (Å²) >= 11 is 0. The van der Waals surface area contributed by atoms with Crippen molar-refractivity contribution < 1.29 is 4.79 Å². The minimum Gasteiger partial charge on any atom is -0.357 e. The predicted octanol–water partition coefficient (Wildman–Crippen LogP) is 3.19. The van der Waals surface area contributed by atoms with Gasteiger partial charge in [0.25, 0.3) is 5.91 Å². The molecule has 1 heterocycles. The third-order valence-corrected chi connectivity index (χ3v) is 3.42. The van der Waals surface area contributed by atoms with E-state index in [9.17, 15) is 4.79 Å². The average Bonchev–Trinajstić information content (AvgIpc) is 2.48. The first-order valence-corrected chi connectivity index (χ1v) is 7.52. The molecule has 5 heteroatoms. The molecule has 0 bridgehead atoms. The van der Waals surface area contributed by atoms with Crippen LogP contribution < -0.4 is 10.2 Å². The summed E-state index contributed by atoms with van der Waals surface area (Å²) in [5.74, 6) is 1.16. The van der Waals surface area contributed by atoms with Gasteiger partial charge in [-0.05, 0) is 45.4 Å². The summed E-state index contributed by atoms with van der Waals surface area (Å²) in [5, 5.41) is 2.88. The monoisotopic (exact) mass is 298 g/mol. The van der Waals surface area contributed by atoms with Crippen LogP contribution in [0.15, 0.2) is 30.3 Å². The summed E-state index contributed by atoms with van der Waals surface area (Å²) in [5.41, 5.74) is 2.25. The first kappa shape index (κ1) is 15.9. The van der Waals surface area contributed by atoms with Crippen LogP contribution in [0.4, 0.5) is 11.5 Å². The standard InChI is InChI=1S/C17H22N4O/c1-5-21(6-2)16-11-15(18-13(4)19-16)17(22)20-14-9-7-8-12(3)10-14/h7-11H,5-6H2,1-4H3,(H,20,22). The van der Waals surface area contributed by atoms with Gasteiger partial charge in [0, 0.05) is 24.8 Å². The molecule has 0 atom stereocenters. The van der Waals surface area contributed by atoms with Gasteiger partial charge in [0.05, 0.1) is 0 Å². The Morgan fingerprint density at radius 1 is 1.14 bits per heavy atom. The second-order valence-corrected chi connectivity index (χ2v) is 5.15. The van der Waals surface area contributed by atoms with Crippen molar-refractivity contribution in [1.82, 2.24) is 9.97 Å². The van der Waals surface area contributed by atoms with Gasteiger partial charge in [-0.25, -0.2) is 9.97 Å². The van der Waals surface area contributed by atoms with Crippen LogP contribution >= 0.6 is 0 Å². The Balaban J connectivity index is 2.26. The lowest BCUT2D eigenvalue weighted by Crippen LogP contribution is -2.24. The molecule has 0 fully saturated rings. The molecule has 0 saturated carbocycles. The smallest absolute Gasteiger partial charge is 0.274 e. The zero-order valence-electron chi connectivity index (χ0n) is 13.6. The highest BCUT2D eigenvalue weighted by Crippen LogP contribution is 2.15. The number of aromatic nitrogens is 2. The zero-order valence-corrected chi connectivity index (χ0v) is 13.6. The van der Waals surface area contributed by atoms with Gasteiger partial charge in [-0.3, -0.25) is 4.79 Å². The number of rotatable bonds is 5. The summed E-state index contributed by atoms with van der Waals surface area (Å²) in [6, 6.07) is 9.44. The van der Waals surface area contributed by atoms with Crippen molar-refractivity contribution in [2.24, 2.45) is 0 Å². The topological polar surface area (TPSA) is 58.1 Å². The lowest BCUT2D eigenvalue weighted by molar-refractivity contribution is 0.102. The Labute approximate surface area is 131 Å². The first-order chi connectivity index (χ1) is 10.5. The summed E-state index contributed by atoms with van der Waals surface area (Å²) in [4.78, 5) is 23.2. The first-order valence-electron chi connectivity index (χ1n) is 7.52. The van der Waals surface area contributed by atoms with Crippen LogP contribution in [0.2, 0.25) is 0 Å². The Morgan fingerprint density at radius 3 is 2.50 bits per heavy atom. The van der Waals surface area contributed by atoms with Crippen molar-refractivity contribution in [3.05, 3.63) is 47.4 Å². The summed E-state index contributed by atoms with van der Waals surface area (Å²) < 4.78 is 0. The van der Waals surface area contributed by atoms with Gasteiger partial charge < -0.3 is 10.2 Å². The van der Waals surface area contributed by atoms with E-state index < -0.39 is 0 Å². The van der Waals surface area contributed by atoms with Gasteiger partial charge in [0.2, 0.25) is 0 Å². The molecule has 0 unspecified atom stereocenters. The lowest BCUT2D eigenvalue weighted by Gasteiger charge is -2.20. The number of carbonyl (C=O) groups is 1. The van der Waals surface area contributed by atoms with Crippen molar-refractivity contribution in [3.63, 3.8) is 0 Å². The number of aryl methyl sites for hydroxylation is 2. The molecule has 0 radical (unpaired) electrons. The Bertz CT molecular complexity index is 665. The highest BCUT2D eigenvalue weighted by molar-refractivity contribution is 6.03. The number of nitrogens with one attached hydrogen (secondary N) is 1. The molecular formula is C17H22N4O. The van der Waals surface area contributed by atoms with Crippen LogP contribution in [-0.2, 0) is 0 Å². The number of anilines is 2. The van der Waals surface area contributed by atoms with Crippen LogP contribution in [0, 0.1) is 13.8 Å². The van der Waals surface area contributed by atoms with Crippen molar-refractivity contribution in [2.75, 3.05) is 23.3 Å². The van der Waals surface area contributed by atoms with Gasteiger partial charge in [-0.1, -0.05) is 12.1 Å². The third kappa shape index (κ3) is 3.81. The van der Waals surface area contributed by atoms with Crippen molar-refractivity contribution in [1.29, 1.82) is 0 Å². The highest BCUT2D eigenvalue weighted by atomic mass is 16.1. The number of hydrogen-bond donors (Lipinski definition) is 1. The fourth-order valence-corrected chi connectivity index (χ4v) is 2.30. The van der Waals surface area contributed by atoms with E-state index in [0.29, 0.717) is 11.5 Å². The molecular weight excluding hydrogens is 276 g/mol. The molecule has 1 aromatic heterocycles. The van der Waals surface area contributed by atoms with E-state index in [0.717, 1.165) is 30.2 Å². The second-order valence-electron chi connectivity index (χ2n) is 5.15. The van der Waals surface area contributed by atoms with Gasteiger partial charge in [0.15, 0.2) is 0 Å². The molecule has 5 nitrogen and oxygen atoms in total. The SMILES string of the molecule is CCN(CC)c1cc(C(=O)Nc2cccc(C)c2)nc(C)n1. The van der Waals surface area contributed by atoms with Gasteiger partial charge >= 0.3 is 0 Å². The van der Waals surface area contributed by atoms with E-state index in [1.807, 2.05) is 31.2 Å².